The normalized spacial score (nSPS) is 23.5. The molecule has 0 bridgehead atoms. The summed E-state index contributed by atoms with van der Waals surface area (Å²) in [5.41, 5.74) is 2.12. The van der Waals surface area contributed by atoms with Gasteiger partial charge >= 0.3 is 0 Å². The van der Waals surface area contributed by atoms with Crippen LogP contribution < -0.4 is 10.1 Å². The summed E-state index contributed by atoms with van der Waals surface area (Å²) in [5.74, 6) is 2.00. The number of aliphatic imine (C=N–C) groups is 1. The van der Waals surface area contributed by atoms with E-state index in [0.717, 1.165) is 61.5 Å². The number of piperidine rings is 1. The second-order valence-corrected chi connectivity index (χ2v) is 9.69. The largest absolute Gasteiger partial charge is 0.481 e. The Kier molecular flexibility index (Phi) is 6.62. The van der Waals surface area contributed by atoms with Crippen LogP contribution in [-0.4, -0.2) is 90.9 Å². The van der Waals surface area contributed by atoms with Gasteiger partial charge < -0.3 is 24.8 Å². The van der Waals surface area contributed by atoms with Crippen molar-refractivity contribution in [2.75, 3.05) is 52.9 Å². The molecule has 0 aliphatic carbocycles. The molecule has 4 aliphatic rings. The van der Waals surface area contributed by atoms with Gasteiger partial charge in [-0.1, -0.05) is 18.2 Å². The van der Waals surface area contributed by atoms with Crippen LogP contribution in [0, 0.1) is 0 Å². The number of methoxy groups -OCH3 is 1. The molecule has 0 amide bonds. The summed E-state index contributed by atoms with van der Waals surface area (Å²) >= 11 is 3.48. The molecule has 1 aromatic rings. The van der Waals surface area contributed by atoms with E-state index >= 15 is 0 Å². The van der Waals surface area contributed by atoms with E-state index in [9.17, 15) is 0 Å². The highest BCUT2D eigenvalue weighted by Crippen LogP contribution is 2.32. The summed E-state index contributed by atoms with van der Waals surface area (Å²) in [7, 11) is 1.65. The molecule has 0 spiro atoms. The van der Waals surface area contributed by atoms with Crippen molar-refractivity contribution in [1.29, 1.82) is 0 Å². The van der Waals surface area contributed by atoms with Crippen LogP contribution in [0.15, 0.2) is 51.5 Å². The molecule has 0 aromatic carbocycles. The number of nitrogens with one attached hydrogen (secondary N) is 1. The smallest absolute Gasteiger partial charge is 0.220 e. The van der Waals surface area contributed by atoms with Crippen LogP contribution in [0.25, 0.3) is 6.08 Å². The fraction of sp³-hybridized carbons (Fsp3) is 0.500. The Morgan fingerprint density at radius 1 is 1.28 bits per heavy atom. The predicted molar refractivity (Wildman–Crippen MR) is 132 cm³/mol. The molecule has 5 heterocycles. The van der Waals surface area contributed by atoms with Gasteiger partial charge in [0.1, 0.15) is 11.5 Å². The molecule has 1 aromatic heterocycles. The van der Waals surface area contributed by atoms with E-state index in [-0.39, 0.29) is 0 Å². The number of hydrogen-bond acceptors (Lipinski definition) is 7. The fourth-order valence-corrected chi connectivity index (χ4v) is 5.47. The maximum absolute atomic E-state index is 5.34. The molecule has 5 rings (SSSR count). The lowest BCUT2D eigenvalue weighted by Gasteiger charge is -2.36. The molecular formula is C24H31BrN6O. The van der Waals surface area contributed by atoms with Crippen LogP contribution in [0.5, 0.6) is 5.88 Å². The first-order valence-corrected chi connectivity index (χ1v) is 12.3. The summed E-state index contributed by atoms with van der Waals surface area (Å²) in [6.07, 6.45) is 14.9. The molecule has 1 N–H and O–H groups in total. The third kappa shape index (κ3) is 4.63. The molecule has 2 saturated heterocycles. The van der Waals surface area contributed by atoms with Crippen molar-refractivity contribution >= 4 is 28.2 Å². The van der Waals surface area contributed by atoms with Crippen molar-refractivity contribution in [3.05, 3.63) is 52.0 Å². The Labute approximate surface area is 198 Å². The second kappa shape index (κ2) is 9.77. The zero-order valence-corrected chi connectivity index (χ0v) is 20.2. The maximum Gasteiger partial charge on any atom is 0.220 e. The summed E-state index contributed by atoms with van der Waals surface area (Å²) in [5, 5.41) is 3.70. The monoisotopic (exact) mass is 498 g/mol. The van der Waals surface area contributed by atoms with Crippen molar-refractivity contribution in [3.8, 4) is 5.88 Å². The first-order valence-electron chi connectivity index (χ1n) is 11.5. The van der Waals surface area contributed by atoms with Gasteiger partial charge in [-0.3, -0.25) is 4.99 Å². The molecule has 4 aliphatic heterocycles. The zero-order valence-electron chi connectivity index (χ0n) is 18.6. The van der Waals surface area contributed by atoms with E-state index in [1.54, 1.807) is 13.3 Å². The summed E-state index contributed by atoms with van der Waals surface area (Å²) < 4.78 is 6.30. The highest BCUT2D eigenvalue weighted by molar-refractivity contribution is 9.10. The predicted octanol–water partition coefficient (Wildman–Crippen LogP) is 2.73. The maximum atomic E-state index is 5.34. The van der Waals surface area contributed by atoms with Crippen LogP contribution in [0.3, 0.4) is 0 Å². The van der Waals surface area contributed by atoms with E-state index in [4.69, 9.17) is 4.74 Å². The average molecular weight is 499 g/mol. The van der Waals surface area contributed by atoms with Gasteiger partial charge in [0.05, 0.1) is 19.7 Å². The quantitative estimate of drug-likeness (QED) is 0.623. The summed E-state index contributed by atoms with van der Waals surface area (Å²) in [6, 6.07) is 3.17. The van der Waals surface area contributed by atoms with E-state index in [0.29, 0.717) is 18.0 Å². The van der Waals surface area contributed by atoms with Crippen molar-refractivity contribution in [2.24, 2.45) is 4.99 Å². The van der Waals surface area contributed by atoms with E-state index in [2.05, 4.69) is 76.4 Å². The van der Waals surface area contributed by atoms with Crippen LogP contribution in [-0.2, 0) is 0 Å². The lowest BCUT2D eigenvalue weighted by Crippen LogP contribution is -2.48. The highest BCUT2D eigenvalue weighted by atomic mass is 79.9. The minimum absolute atomic E-state index is 0.563. The standard InChI is InChI=1S/C24H31BrN6O/c1-32-23-18(14-19(25)15-28-23)4-2-8-26-20-6-11-29(12-7-20)16-21-17-30-10-3-5-22-24(30)31(21)13-9-27-22/h2-5,9,14-15,20-21,26H,6-8,10-13,16-17H2,1H3. The van der Waals surface area contributed by atoms with Crippen LogP contribution >= 0.6 is 15.9 Å². The molecule has 170 valence electrons. The Hall–Kier alpha value is -2.16. The molecule has 8 heteroatoms. The summed E-state index contributed by atoms with van der Waals surface area (Å²) in [4.78, 5) is 16.6. The van der Waals surface area contributed by atoms with Crippen molar-refractivity contribution in [3.63, 3.8) is 0 Å². The van der Waals surface area contributed by atoms with Gasteiger partial charge in [0.2, 0.25) is 5.88 Å². The van der Waals surface area contributed by atoms with E-state index < -0.39 is 0 Å². The van der Waals surface area contributed by atoms with Gasteiger partial charge in [-0.25, -0.2) is 4.98 Å². The number of ether oxygens (including phenoxy) is 1. The molecule has 0 radical (unpaired) electrons. The zero-order chi connectivity index (χ0) is 21.9. The molecule has 0 saturated carbocycles. The Bertz CT molecular complexity index is 946. The molecule has 32 heavy (non-hydrogen) atoms. The molecule has 1 atom stereocenters. The third-order valence-electron chi connectivity index (χ3n) is 6.70. The van der Waals surface area contributed by atoms with Gasteiger partial charge in [0, 0.05) is 54.7 Å². The topological polar surface area (TPSA) is 56.2 Å². The molecule has 1 unspecified atom stereocenters. The van der Waals surface area contributed by atoms with Gasteiger partial charge in [0.25, 0.3) is 0 Å². The van der Waals surface area contributed by atoms with Crippen molar-refractivity contribution in [1.82, 2.24) is 25.0 Å². The molecule has 2 fully saturated rings. The number of allylic oxidation sites excluding steroid dienone is 1. The Morgan fingerprint density at radius 2 is 2.16 bits per heavy atom. The average Bonchev–Trinajstić information content (AvgIpc) is 3.17. The van der Waals surface area contributed by atoms with Crippen LogP contribution in [0.4, 0.5) is 0 Å². The summed E-state index contributed by atoms with van der Waals surface area (Å²) in [6.45, 7) is 7.39. The molecular weight excluding hydrogens is 468 g/mol. The van der Waals surface area contributed by atoms with Gasteiger partial charge in [-0.2, -0.15) is 0 Å². The lowest BCUT2D eigenvalue weighted by atomic mass is 10.0. The van der Waals surface area contributed by atoms with Crippen molar-refractivity contribution < 1.29 is 4.74 Å². The highest BCUT2D eigenvalue weighted by Gasteiger charge is 2.38. The Balaban J connectivity index is 1.07. The number of likely N-dealkylation sites (tertiary alicyclic amines) is 1. The number of rotatable bonds is 7. The fourth-order valence-electron chi connectivity index (χ4n) is 5.12. The number of halogens is 1. The van der Waals surface area contributed by atoms with Gasteiger partial charge in [0.15, 0.2) is 0 Å². The second-order valence-electron chi connectivity index (χ2n) is 8.77. The van der Waals surface area contributed by atoms with Crippen LogP contribution in [0.1, 0.15) is 18.4 Å². The van der Waals surface area contributed by atoms with Crippen molar-refractivity contribution in [2.45, 2.75) is 24.9 Å². The van der Waals surface area contributed by atoms with E-state index in [1.807, 2.05) is 6.07 Å². The lowest BCUT2D eigenvalue weighted by molar-refractivity contribution is 0.160. The minimum atomic E-state index is 0.563. The third-order valence-corrected chi connectivity index (χ3v) is 7.13. The number of pyridine rings is 1. The van der Waals surface area contributed by atoms with Gasteiger partial charge in [-0.05, 0) is 54.0 Å². The minimum Gasteiger partial charge on any atom is -0.481 e. The number of nitrogens with zero attached hydrogens (tertiary/aromatic N) is 5. The SMILES string of the molecule is COc1ncc(Br)cc1C=CCNC1CCN(CC2CN3CC=CC4=C3N2CC=N4)CC1. The van der Waals surface area contributed by atoms with Gasteiger partial charge in [-0.15, -0.1) is 0 Å². The number of hydrogen-bond donors (Lipinski definition) is 1. The molecule has 7 nitrogen and oxygen atoms in total. The van der Waals surface area contributed by atoms with E-state index in [1.165, 1.54) is 18.7 Å². The van der Waals surface area contributed by atoms with Crippen LogP contribution in [0.2, 0.25) is 0 Å². The first kappa shape index (κ1) is 21.7. The Morgan fingerprint density at radius 3 is 3.00 bits per heavy atom. The first-order chi connectivity index (χ1) is 15.7. The number of aromatic nitrogens is 1.